The van der Waals surface area contributed by atoms with Crippen LogP contribution in [0.4, 0.5) is 0 Å². The van der Waals surface area contributed by atoms with Crippen molar-refractivity contribution in [3.63, 3.8) is 0 Å². The molecule has 0 heterocycles. The fraction of sp³-hybridized carbons (Fsp3) is 0.294. The van der Waals surface area contributed by atoms with Gasteiger partial charge in [0, 0.05) is 0 Å². The van der Waals surface area contributed by atoms with Crippen LogP contribution in [0.3, 0.4) is 0 Å². The molecule has 0 spiro atoms. The van der Waals surface area contributed by atoms with Gasteiger partial charge in [0.05, 0.1) is 19.8 Å². The van der Waals surface area contributed by atoms with Crippen molar-refractivity contribution in [1.29, 1.82) is 0 Å². The summed E-state index contributed by atoms with van der Waals surface area (Å²) in [6.07, 6.45) is 0.0993. The van der Waals surface area contributed by atoms with Crippen molar-refractivity contribution < 1.29 is 14.6 Å². The maximum atomic E-state index is 10.8. The molecule has 20 heavy (non-hydrogen) atoms. The molecule has 0 saturated carbocycles. The smallest absolute Gasteiger partial charge is 0.128 e. The molecule has 0 fully saturated rings. The number of rotatable bonds is 5. The summed E-state index contributed by atoms with van der Waals surface area (Å²) in [5, 5.41) is 10.8. The van der Waals surface area contributed by atoms with E-state index in [1.54, 1.807) is 14.2 Å². The highest BCUT2D eigenvalue weighted by atomic mass is 16.5. The molecule has 3 heteroatoms. The lowest BCUT2D eigenvalue weighted by atomic mass is 9.94. The SMILES string of the molecule is CCc1ccccc1C(O)c1c(OC)cccc1OC. The Labute approximate surface area is 119 Å². The quantitative estimate of drug-likeness (QED) is 0.907. The van der Waals surface area contributed by atoms with Gasteiger partial charge in [-0.25, -0.2) is 0 Å². The molecule has 1 atom stereocenters. The predicted octanol–water partition coefficient (Wildman–Crippen LogP) is 3.35. The highest BCUT2D eigenvalue weighted by molar-refractivity contribution is 5.50. The Balaban J connectivity index is 2.55. The van der Waals surface area contributed by atoms with Crippen molar-refractivity contribution in [1.82, 2.24) is 0 Å². The summed E-state index contributed by atoms with van der Waals surface area (Å²) in [7, 11) is 3.19. The average Bonchev–Trinajstić information content (AvgIpc) is 2.53. The number of aryl methyl sites for hydroxylation is 1. The van der Waals surface area contributed by atoms with Gasteiger partial charge in [0.15, 0.2) is 0 Å². The molecule has 0 radical (unpaired) electrons. The summed E-state index contributed by atoms with van der Waals surface area (Å²) >= 11 is 0. The van der Waals surface area contributed by atoms with Gasteiger partial charge in [0.2, 0.25) is 0 Å². The van der Waals surface area contributed by atoms with Crippen LogP contribution >= 0.6 is 0 Å². The zero-order valence-corrected chi connectivity index (χ0v) is 12.1. The largest absolute Gasteiger partial charge is 0.496 e. The van der Waals surface area contributed by atoms with E-state index in [4.69, 9.17) is 9.47 Å². The topological polar surface area (TPSA) is 38.7 Å². The van der Waals surface area contributed by atoms with Gasteiger partial charge >= 0.3 is 0 Å². The van der Waals surface area contributed by atoms with Gasteiger partial charge in [0.25, 0.3) is 0 Å². The Hall–Kier alpha value is -2.00. The number of hydrogen-bond donors (Lipinski definition) is 1. The molecule has 1 unspecified atom stereocenters. The molecule has 0 amide bonds. The van der Waals surface area contributed by atoms with E-state index in [0.29, 0.717) is 17.1 Å². The van der Waals surface area contributed by atoms with Crippen LogP contribution in [-0.2, 0) is 6.42 Å². The molecule has 1 N–H and O–H groups in total. The standard InChI is InChI=1S/C17H20O3/c1-4-12-8-5-6-9-13(12)17(18)16-14(19-2)10-7-11-15(16)20-3/h5-11,17-18H,4H2,1-3H3. The molecule has 0 saturated heterocycles. The number of benzene rings is 2. The van der Waals surface area contributed by atoms with Crippen LogP contribution in [0.1, 0.15) is 29.7 Å². The first-order valence-corrected chi connectivity index (χ1v) is 6.69. The van der Waals surface area contributed by atoms with Crippen LogP contribution < -0.4 is 9.47 Å². The molecular weight excluding hydrogens is 252 g/mol. The first-order valence-electron chi connectivity index (χ1n) is 6.69. The summed E-state index contributed by atoms with van der Waals surface area (Å²) in [5.74, 6) is 1.26. The fourth-order valence-electron chi connectivity index (χ4n) is 2.43. The van der Waals surface area contributed by atoms with Crippen LogP contribution in [0.2, 0.25) is 0 Å². The molecule has 2 rings (SSSR count). The van der Waals surface area contributed by atoms with Crippen molar-refractivity contribution in [2.75, 3.05) is 14.2 Å². The first kappa shape index (κ1) is 14.4. The summed E-state index contributed by atoms with van der Waals surface area (Å²) < 4.78 is 10.7. The molecule has 0 aliphatic rings. The summed E-state index contributed by atoms with van der Waals surface area (Å²) in [5.41, 5.74) is 2.67. The van der Waals surface area contributed by atoms with Gasteiger partial charge in [-0.15, -0.1) is 0 Å². The van der Waals surface area contributed by atoms with Gasteiger partial charge in [-0.05, 0) is 29.7 Å². The zero-order chi connectivity index (χ0) is 14.5. The third-order valence-electron chi connectivity index (χ3n) is 3.47. The first-order chi connectivity index (χ1) is 9.72. The lowest BCUT2D eigenvalue weighted by molar-refractivity contribution is 0.208. The molecular formula is C17H20O3. The van der Waals surface area contributed by atoms with Gasteiger partial charge in [-0.2, -0.15) is 0 Å². The molecule has 0 aliphatic heterocycles. The van der Waals surface area contributed by atoms with E-state index < -0.39 is 6.10 Å². The van der Waals surface area contributed by atoms with Gasteiger partial charge < -0.3 is 14.6 Å². The van der Waals surface area contributed by atoms with Crippen molar-refractivity contribution in [3.05, 3.63) is 59.2 Å². The predicted molar refractivity (Wildman–Crippen MR) is 79.4 cm³/mol. The van der Waals surface area contributed by atoms with Gasteiger partial charge in [0.1, 0.15) is 17.6 Å². The summed E-state index contributed by atoms with van der Waals surface area (Å²) in [4.78, 5) is 0. The maximum absolute atomic E-state index is 10.8. The van der Waals surface area contributed by atoms with Gasteiger partial charge in [-0.3, -0.25) is 0 Å². The average molecular weight is 272 g/mol. The Bertz CT molecular complexity index is 556. The number of methoxy groups -OCH3 is 2. The van der Waals surface area contributed by atoms with Crippen LogP contribution in [0.15, 0.2) is 42.5 Å². The molecule has 0 aliphatic carbocycles. The number of hydrogen-bond acceptors (Lipinski definition) is 3. The van der Waals surface area contributed by atoms with Crippen molar-refractivity contribution in [3.8, 4) is 11.5 Å². The normalized spacial score (nSPS) is 12.0. The molecule has 106 valence electrons. The fourth-order valence-corrected chi connectivity index (χ4v) is 2.43. The van der Waals surface area contributed by atoms with Crippen molar-refractivity contribution >= 4 is 0 Å². The minimum Gasteiger partial charge on any atom is -0.496 e. The second-order valence-corrected chi connectivity index (χ2v) is 4.53. The maximum Gasteiger partial charge on any atom is 0.128 e. The molecule has 3 nitrogen and oxygen atoms in total. The third-order valence-corrected chi connectivity index (χ3v) is 3.47. The number of ether oxygens (including phenoxy) is 2. The zero-order valence-electron chi connectivity index (χ0n) is 12.1. The lowest BCUT2D eigenvalue weighted by Crippen LogP contribution is -2.07. The van der Waals surface area contributed by atoms with Crippen LogP contribution in [-0.4, -0.2) is 19.3 Å². The second kappa shape index (κ2) is 6.44. The van der Waals surface area contributed by atoms with Crippen LogP contribution in [0, 0.1) is 0 Å². The van der Waals surface area contributed by atoms with E-state index in [-0.39, 0.29) is 0 Å². The van der Waals surface area contributed by atoms with Gasteiger partial charge in [-0.1, -0.05) is 37.3 Å². The molecule has 2 aromatic rings. The number of aliphatic hydroxyl groups excluding tert-OH is 1. The van der Waals surface area contributed by atoms with E-state index in [9.17, 15) is 5.11 Å². The summed E-state index contributed by atoms with van der Waals surface area (Å²) in [6, 6.07) is 13.4. The van der Waals surface area contributed by atoms with Crippen molar-refractivity contribution in [2.45, 2.75) is 19.4 Å². The molecule has 2 aromatic carbocycles. The monoisotopic (exact) mass is 272 g/mol. The minimum absolute atomic E-state index is 0.628. The van der Waals surface area contributed by atoms with E-state index in [1.165, 1.54) is 0 Å². The van der Waals surface area contributed by atoms with Crippen LogP contribution in [0.5, 0.6) is 11.5 Å². The Morgan fingerprint density at radius 2 is 1.55 bits per heavy atom. The Kier molecular flexibility index (Phi) is 4.64. The highest BCUT2D eigenvalue weighted by Gasteiger charge is 2.21. The lowest BCUT2D eigenvalue weighted by Gasteiger charge is -2.20. The molecule has 0 bridgehead atoms. The Morgan fingerprint density at radius 3 is 2.10 bits per heavy atom. The summed E-state index contributed by atoms with van der Waals surface area (Å²) in [6.45, 7) is 2.07. The minimum atomic E-state index is -0.766. The van der Waals surface area contributed by atoms with E-state index in [1.807, 2.05) is 42.5 Å². The molecule has 0 aromatic heterocycles. The van der Waals surface area contributed by atoms with Crippen LogP contribution in [0.25, 0.3) is 0 Å². The van der Waals surface area contributed by atoms with Crippen molar-refractivity contribution in [2.24, 2.45) is 0 Å². The number of aliphatic hydroxyl groups is 1. The van der Waals surface area contributed by atoms with E-state index >= 15 is 0 Å². The van der Waals surface area contributed by atoms with E-state index in [2.05, 4.69) is 6.92 Å². The Morgan fingerprint density at radius 1 is 0.950 bits per heavy atom. The highest BCUT2D eigenvalue weighted by Crippen LogP contribution is 2.38. The van der Waals surface area contributed by atoms with E-state index in [0.717, 1.165) is 17.5 Å². The third kappa shape index (κ3) is 2.63. The second-order valence-electron chi connectivity index (χ2n) is 4.53.